The Morgan fingerprint density at radius 2 is 1.71 bits per heavy atom. The molecule has 2 fully saturated rings. The molecule has 5 rings (SSSR count). The number of rotatable bonds is 6. The highest BCUT2D eigenvalue weighted by Crippen LogP contribution is 2.32. The minimum atomic E-state index is -1.15. The molecule has 2 aliphatic heterocycles. The molecule has 0 unspecified atom stereocenters. The lowest BCUT2D eigenvalue weighted by molar-refractivity contribution is -0.245. The molecule has 3 aromatic rings. The maximum atomic E-state index is 13.8. The van der Waals surface area contributed by atoms with Gasteiger partial charge in [-0.25, -0.2) is 4.79 Å². The van der Waals surface area contributed by atoms with Gasteiger partial charge in [0, 0.05) is 13.1 Å². The Kier molecular flexibility index (Phi) is 6.97. The second kappa shape index (κ2) is 10.5. The molecule has 3 aromatic carbocycles. The number of carbonyl (C=O) groups is 4. The Labute approximate surface area is 219 Å². The van der Waals surface area contributed by atoms with Gasteiger partial charge in [-0.2, -0.15) is 5.06 Å². The van der Waals surface area contributed by atoms with Gasteiger partial charge in [-0.3, -0.25) is 19.2 Å². The van der Waals surface area contributed by atoms with E-state index in [0.29, 0.717) is 0 Å². The number of nitrogens with two attached hydrogens (primary N) is 1. The van der Waals surface area contributed by atoms with Crippen molar-refractivity contribution in [2.45, 2.75) is 44.7 Å². The van der Waals surface area contributed by atoms with Crippen LogP contribution in [0.15, 0.2) is 72.8 Å². The van der Waals surface area contributed by atoms with E-state index in [4.69, 9.17) is 10.6 Å². The zero-order valence-corrected chi connectivity index (χ0v) is 20.9. The number of nitrogens with one attached hydrogen (secondary N) is 1. The first kappa shape index (κ1) is 25.2. The van der Waals surface area contributed by atoms with Crippen molar-refractivity contribution in [1.82, 2.24) is 20.2 Å². The van der Waals surface area contributed by atoms with Crippen molar-refractivity contribution in [3.63, 3.8) is 0 Å². The zero-order valence-electron chi connectivity index (χ0n) is 20.9. The van der Waals surface area contributed by atoms with Crippen molar-refractivity contribution in [1.29, 1.82) is 0 Å². The third kappa shape index (κ3) is 4.78. The van der Waals surface area contributed by atoms with Crippen molar-refractivity contribution in [2.24, 2.45) is 5.73 Å². The Morgan fingerprint density at radius 1 is 1.00 bits per heavy atom. The summed E-state index contributed by atoms with van der Waals surface area (Å²) in [6.45, 7) is 1.79. The van der Waals surface area contributed by atoms with Gasteiger partial charge in [0.05, 0.1) is 12.5 Å². The summed E-state index contributed by atoms with van der Waals surface area (Å²) < 4.78 is 0. The molecule has 0 aliphatic carbocycles. The third-order valence-corrected chi connectivity index (χ3v) is 7.07. The van der Waals surface area contributed by atoms with Crippen molar-refractivity contribution in [3.05, 3.63) is 83.9 Å². The van der Waals surface area contributed by atoms with Crippen LogP contribution in [0.2, 0.25) is 0 Å². The van der Waals surface area contributed by atoms with Crippen LogP contribution in [0.5, 0.6) is 0 Å². The molecule has 2 aliphatic rings. The largest absolute Gasteiger partial charge is 0.370 e. The predicted octanol–water partition coefficient (Wildman–Crippen LogP) is 2.13. The first-order valence-corrected chi connectivity index (χ1v) is 12.5. The number of primary amides is 1. The lowest BCUT2D eigenvalue weighted by Crippen LogP contribution is -2.75. The standard InChI is InChI=1S/C28H29N5O5/c1-18-26-32(25(35)17-38-33(26)28(37)30-15-19-8-3-2-4-9-19)23(14-24(29)34)27(36)31(18)16-21-12-7-11-20-10-5-6-13-22(20)21/h2-13,18,23,26H,14-17H2,1H3,(H2,29,34)(H,30,37)/t18-,23-,26-/m0/s1. The van der Waals surface area contributed by atoms with Gasteiger partial charge in [0.15, 0.2) is 12.8 Å². The van der Waals surface area contributed by atoms with Crippen molar-refractivity contribution in [3.8, 4) is 0 Å². The minimum Gasteiger partial charge on any atom is -0.370 e. The number of hydrogen-bond donors (Lipinski definition) is 2. The van der Waals surface area contributed by atoms with E-state index in [1.165, 1.54) is 4.90 Å². The second-order valence-corrected chi connectivity index (χ2v) is 9.49. The number of benzene rings is 3. The summed E-state index contributed by atoms with van der Waals surface area (Å²) >= 11 is 0. The van der Waals surface area contributed by atoms with Gasteiger partial charge < -0.3 is 20.9 Å². The van der Waals surface area contributed by atoms with Crippen LogP contribution in [0, 0.1) is 0 Å². The number of hydrogen-bond acceptors (Lipinski definition) is 5. The fourth-order valence-corrected chi connectivity index (χ4v) is 5.24. The van der Waals surface area contributed by atoms with Crippen LogP contribution >= 0.6 is 0 Å². The Bertz CT molecular complexity index is 1380. The molecular weight excluding hydrogens is 486 g/mol. The molecule has 0 saturated carbocycles. The summed E-state index contributed by atoms with van der Waals surface area (Å²) in [5.74, 6) is -1.61. The monoisotopic (exact) mass is 515 g/mol. The highest BCUT2D eigenvalue weighted by atomic mass is 16.7. The van der Waals surface area contributed by atoms with Gasteiger partial charge >= 0.3 is 6.03 Å². The lowest BCUT2D eigenvalue weighted by Gasteiger charge is -2.54. The first-order valence-electron chi connectivity index (χ1n) is 12.5. The summed E-state index contributed by atoms with van der Waals surface area (Å²) in [5.41, 5.74) is 7.29. The number of nitrogens with zero attached hydrogens (tertiary/aromatic N) is 3. The molecule has 3 N–H and O–H groups in total. The molecule has 0 spiro atoms. The predicted molar refractivity (Wildman–Crippen MR) is 139 cm³/mol. The van der Waals surface area contributed by atoms with Crippen molar-refractivity contribution in [2.75, 3.05) is 6.61 Å². The van der Waals surface area contributed by atoms with Crippen LogP contribution in [0.25, 0.3) is 10.8 Å². The van der Waals surface area contributed by atoms with Gasteiger partial charge in [0.2, 0.25) is 11.8 Å². The Morgan fingerprint density at radius 3 is 2.47 bits per heavy atom. The van der Waals surface area contributed by atoms with Crippen LogP contribution < -0.4 is 11.1 Å². The van der Waals surface area contributed by atoms with Gasteiger partial charge in [0.1, 0.15) is 6.04 Å². The highest BCUT2D eigenvalue weighted by Gasteiger charge is 2.53. The molecule has 38 heavy (non-hydrogen) atoms. The Hall–Kier alpha value is -4.44. The van der Waals surface area contributed by atoms with Crippen molar-refractivity contribution >= 4 is 34.5 Å². The van der Waals surface area contributed by atoms with E-state index < -0.39 is 48.6 Å². The van der Waals surface area contributed by atoms with E-state index in [0.717, 1.165) is 27.0 Å². The summed E-state index contributed by atoms with van der Waals surface area (Å²) in [4.78, 5) is 60.5. The van der Waals surface area contributed by atoms with Crippen LogP contribution in [-0.2, 0) is 32.3 Å². The fourth-order valence-electron chi connectivity index (χ4n) is 5.24. The molecule has 10 heteroatoms. The number of fused-ring (bicyclic) bond motifs is 2. The molecule has 0 bridgehead atoms. The average molecular weight is 516 g/mol. The number of hydroxylamine groups is 2. The molecule has 3 atom stereocenters. The number of piperazine rings is 1. The molecular formula is C28H29N5O5. The quantitative estimate of drug-likeness (QED) is 0.520. The second-order valence-electron chi connectivity index (χ2n) is 9.49. The fraction of sp³-hybridized carbons (Fsp3) is 0.286. The molecule has 2 heterocycles. The molecule has 0 aromatic heterocycles. The van der Waals surface area contributed by atoms with E-state index >= 15 is 0 Å². The van der Waals surface area contributed by atoms with Crippen LogP contribution in [0.3, 0.4) is 0 Å². The maximum Gasteiger partial charge on any atom is 0.343 e. The number of carbonyl (C=O) groups excluding carboxylic acids is 4. The zero-order chi connectivity index (χ0) is 26.8. The van der Waals surface area contributed by atoms with Crippen LogP contribution in [-0.4, -0.2) is 63.5 Å². The normalized spacial score (nSPS) is 21.4. The van der Waals surface area contributed by atoms with Gasteiger partial charge in [-0.05, 0) is 28.8 Å². The molecule has 196 valence electrons. The number of amides is 5. The Balaban J connectivity index is 1.47. The van der Waals surface area contributed by atoms with E-state index in [-0.39, 0.29) is 19.5 Å². The van der Waals surface area contributed by atoms with E-state index in [9.17, 15) is 19.2 Å². The average Bonchev–Trinajstić information content (AvgIpc) is 2.92. The van der Waals surface area contributed by atoms with Gasteiger partial charge in [-0.1, -0.05) is 72.8 Å². The topological polar surface area (TPSA) is 125 Å². The van der Waals surface area contributed by atoms with Crippen LogP contribution in [0.4, 0.5) is 4.79 Å². The van der Waals surface area contributed by atoms with Gasteiger partial charge in [-0.15, -0.1) is 0 Å². The molecule has 10 nitrogen and oxygen atoms in total. The third-order valence-electron chi connectivity index (χ3n) is 7.07. The molecule has 0 radical (unpaired) electrons. The highest BCUT2D eigenvalue weighted by molar-refractivity contribution is 5.94. The van der Waals surface area contributed by atoms with E-state index in [2.05, 4.69) is 5.32 Å². The SMILES string of the molecule is C[C@H]1[C@@H]2N(C(=O)NCc3ccccc3)OCC(=O)N2[C@@H](CC(N)=O)C(=O)N1Cc1cccc2ccccc12. The lowest BCUT2D eigenvalue weighted by atomic mass is 9.97. The summed E-state index contributed by atoms with van der Waals surface area (Å²) in [7, 11) is 0. The summed E-state index contributed by atoms with van der Waals surface area (Å²) in [6, 6.07) is 20.7. The van der Waals surface area contributed by atoms with Crippen LogP contribution in [0.1, 0.15) is 24.5 Å². The van der Waals surface area contributed by atoms with E-state index in [1.54, 1.807) is 11.8 Å². The smallest absolute Gasteiger partial charge is 0.343 e. The van der Waals surface area contributed by atoms with Gasteiger partial charge in [0.25, 0.3) is 5.91 Å². The molecule has 5 amide bonds. The minimum absolute atomic E-state index is 0.217. The van der Waals surface area contributed by atoms with E-state index in [1.807, 2.05) is 72.8 Å². The van der Waals surface area contributed by atoms with Crippen molar-refractivity contribution < 1.29 is 24.0 Å². The number of urea groups is 1. The summed E-state index contributed by atoms with van der Waals surface area (Å²) in [5, 5.41) is 5.93. The summed E-state index contributed by atoms with van der Waals surface area (Å²) in [6.07, 6.45) is -1.32. The molecule has 2 saturated heterocycles. The maximum absolute atomic E-state index is 13.8. The first-order chi connectivity index (χ1) is 18.3.